The number of hydrogen-bond acceptors (Lipinski definition) is 2. The predicted molar refractivity (Wildman–Crippen MR) is 75.7 cm³/mol. The van der Waals surface area contributed by atoms with Gasteiger partial charge in [0.25, 0.3) is 0 Å². The van der Waals surface area contributed by atoms with Crippen LogP contribution in [0.3, 0.4) is 0 Å². The molecule has 0 bridgehead atoms. The number of halogens is 2. The largest absolute Gasteiger partial charge is 0.305 e. The average Bonchev–Trinajstić information content (AvgIpc) is 2.77. The van der Waals surface area contributed by atoms with Gasteiger partial charge in [-0.3, -0.25) is 0 Å². The van der Waals surface area contributed by atoms with Gasteiger partial charge in [0.05, 0.1) is 5.02 Å². The van der Waals surface area contributed by atoms with Crippen LogP contribution in [0.15, 0.2) is 30.3 Å². The Labute approximate surface area is 116 Å². The number of benzene rings is 1. The van der Waals surface area contributed by atoms with Crippen molar-refractivity contribution in [2.75, 3.05) is 0 Å². The maximum atomic E-state index is 13.0. The number of nitrogens with one attached hydrogen (secondary N) is 1. The Balaban J connectivity index is 1.97. The van der Waals surface area contributed by atoms with E-state index in [1.807, 2.05) is 0 Å². The van der Waals surface area contributed by atoms with Gasteiger partial charge in [0, 0.05) is 22.3 Å². The Morgan fingerprint density at radius 3 is 2.72 bits per heavy atom. The minimum absolute atomic E-state index is 0.175. The fourth-order valence-corrected chi connectivity index (χ4v) is 2.81. The van der Waals surface area contributed by atoms with E-state index in [-0.39, 0.29) is 16.9 Å². The summed E-state index contributed by atoms with van der Waals surface area (Å²) >= 11 is 7.54. The van der Waals surface area contributed by atoms with Gasteiger partial charge in [-0.25, -0.2) is 4.39 Å². The summed E-state index contributed by atoms with van der Waals surface area (Å²) in [4.78, 5) is 2.61. The molecule has 1 aromatic carbocycles. The van der Waals surface area contributed by atoms with Crippen LogP contribution in [-0.2, 0) is 6.54 Å². The summed E-state index contributed by atoms with van der Waals surface area (Å²) in [6.07, 6.45) is 0. The zero-order valence-electron chi connectivity index (χ0n) is 10.3. The van der Waals surface area contributed by atoms with Gasteiger partial charge in [-0.15, -0.1) is 11.3 Å². The Hall–Kier alpha value is -0.900. The topological polar surface area (TPSA) is 12.0 Å². The molecule has 4 heteroatoms. The molecule has 96 valence electrons. The molecule has 0 spiro atoms. The Morgan fingerprint density at radius 1 is 1.33 bits per heavy atom. The first-order valence-corrected chi connectivity index (χ1v) is 6.99. The quantitative estimate of drug-likeness (QED) is 0.858. The zero-order chi connectivity index (χ0) is 13.1. The summed E-state index contributed by atoms with van der Waals surface area (Å²) in [5.74, 6) is -0.373. The molecule has 0 saturated carbocycles. The second kappa shape index (κ2) is 5.83. The lowest BCUT2D eigenvalue weighted by Crippen LogP contribution is -2.17. The number of rotatable bonds is 4. The smallest absolute Gasteiger partial charge is 0.141 e. The summed E-state index contributed by atoms with van der Waals surface area (Å²) in [6.45, 7) is 4.90. The monoisotopic (exact) mass is 283 g/mol. The molecule has 1 unspecified atom stereocenters. The van der Waals surface area contributed by atoms with Crippen molar-refractivity contribution < 1.29 is 4.39 Å². The maximum absolute atomic E-state index is 13.0. The van der Waals surface area contributed by atoms with E-state index in [0.717, 1.165) is 5.56 Å². The molecular formula is C14H15ClFNS. The predicted octanol–water partition coefficient (Wildman–Crippen LogP) is 4.70. The molecule has 2 rings (SSSR count). The molecule has 1 aromatic heterocycles. The third-order valence-electron chi connectivity index (χ3n) is 2.78. The van der Waals surface area contributed by atoms with Crippen molar-refractivity contribution in [2.45, 2.75) is 26.4 Å². The van der Waals surface area contributed by atoms with Gasteiger partial charge in [-0.2, -0.15) is 0 Å². The third-order valence-corrected chi connectivity index (χ3v) is 4.26. The molecule has 0 saturated heterocycles. The van der Waals surface area contributed by atoms with E-state index >= 15 is 0 Å². The summed E-state index contributed by atoms with van der Waals surface area (Å²) < 4.78 is 13.0. The fourth-order valence-electron chi connectivity index (χ4n) is 1.71. The molecule has 1 heterocycles. The molecule has 0 amide bonds. The van der Waals surface area contributed by atoms with E-state index in [1.165, 1.54) is 15.8 Å². The van der Waals surface area contributed by atoms with Crippen molar-refractivity contribution in [3.05, 3.63) is 56.5 Å². The van der Waals surface area contributed by atoms with Crippen molar-refractivity contribution in [3.63, 3.8) is 0 Å². The second-order valence-corrected chi connectivity index (χ2v) is 6.03. The van der Waals surface area contributed by atoms with Crippen LogP contribution in [0.25, 0.3) is 0 Å². The molecule has 1 atom stereocenters. The van der Waals surface area contributed by atoms with E-state index in [2.05, 4.69) is 31.3 Å². The van der Waals surface area contributed by atoms with Crippen molar-refractivity contribution in [3.8, 4) is 0 Å². The molecular weight excluding hydrogens is 269 g/mol. The summed E-state index contributed by atoms with van der Waals surface area (Å²) in [6, 6.07) is 9.35. The van der Waals surface area contributed by atoms with Gasteiger partial charge >= 0.3 is 0 Å². The lowest BCUT2D eigenvalue weighted by atomic mass is 10.2. The first-order chi connectivity index (χ1) is 8.56. The summed E-state index contributed by atoms with van der Waals surface area (Å²) in [5.41, 5.74) is 0.988. The van der Waals surface area contributed by atoms with E-state index in [1.54, 1.807) is 23.5 Å². The molecule has 0 aliphatic carbocycles. The number of hydrogen-bond donors (Lipinski definition) is 1. The standard InChI is InChI=1S/C14H15ClFNS/c1-9-3-6-14(18-9)10(2)17-8-11-4-5-13(16)12(15)7-11/h3-7,10,17H,8H2,1-2H3. The third kappa shape index (κ3) is 3.31. The highest BCUT2D eigenvalue weighted by Crippen LogP contribution is 2.23. The highest BCUT2D eigenvalue weighted by atomic mass is 35.5. The first-order valence-electron chi connectivity index (χ1n) is 5.80. The molecule has 2 aromatic rings. The normalized spacial score (nSPS) is 12.7. The maximum Gasteiger partial charge on any atom is 0.141 e. The van der Waals surface area contributed by atoms with Crippen molar-refractivity contribution in [1.82, 2.24) is 5.32 Å². The van der Waals surface area contributed by atoms with Gasteiger partial charge in [0.2, 0.25) is 0 Å². The average molecular weight is 284 g/mol. The fraction of sp³-hybridized carbons (Fsp3) is 0.286. The van der Waals surface area contributed by atoms with Crippen LogP contribution in [0.1, 0.15) is 28.3 Å². The van der Waals surface area contributed by atoms with Crippen LogP contribution in [0.5, 0.6) is 0 Å². The summed E-state index contributed by atoms with van der Waals surface area (Å²) in [5, 5.41) is 3.58. The Bertz CT molecular complexity index is 538. The molecule has 0 fully saturated rings. The Morgan fingerprint density at radius 2 is 2.11 bits per heavy atom. The highest BCUT2D eigenvalue weighted by Gasteiger charge is 2.07. The van der Waals surface area contributed by atoms with Crippen LogP contribution < -0.4 is 5.32 Å². The second-order valence-electron chi connectivity index (χ2n) is 4.30. The zero-order valence-corrected chi connectivity index (χ0v) is 11.9. The van der Waals surface area contributed by atoms with Crippen molar-refractivity contribution in [2.24, 2.45) is 0 Å². The molecule has 0 radical (unpaired) electrons. The molecule has 0 aliphatic heterocycles. The minimum atomic E-state index is -0.373. The van der Waals surface area contributed by atoms with Gasteiger partial charge in [0.1, 0.15) is 5.82 Å². The lowest BCUT2D eigenvalue weighted by Gasteiger charge is -2.12. The van der Waals surface area contributed by atoms with Gasteiger partial charge in [-0.1, -0.05) is 17.7 Å². The van der Waals surface area contributed by atoms with Crippen LogP contribution in [-0.4, -0.2) is 0 Å². The summed E-state index contributed by atoms with van der Waals surface area (Å²) in [7, 11) is 0. The van der Waals surface area contributed by atoms with E-state index in [4.69, 9.17) is 11.6 Å². The van der Waals surface area contributed by atoms with E-state index in [9.17, 15) is 4.39 Å². The SMILES string of the molecule is Cc1ccc(C(C)NCc2ccc(F)c(Cl)c2)s1. The van der Waals surface area contributed by atoms with Crippen LogP contribution in [0.4, 0.5) is 4.39 Å². The van der Waals surface area contributed by atoms with Crippen LogP contribution in [0.2, 0.25) is 5.02 Å². The number of thiophene rings is 1. The number of aryl methyl sites for hydroxylation is 1. The first kappa shape index (κ1) is 13.5. The Kier molecular flexibility index (Phi) is 4.38. The van der Waals surface area contributed by atoms with Gasteiger partial charge < -0.3 is 5.32 Å². The van der Waals surface area contributed by atoms with Gasteiger partial charge in [-0.05, 0) is 43.7 Å². The lowest BCUT2D eigenvalue weighted by molar-refractivity contribution is 0.580. The minimum Gasteiger partial charge on any atom is -0.305 e. The van der Waals surface area contributed by atoms with Crippen molar-refractivity contribution >= 4 is 22.9 Å². The van der Waals surface area contributed by atoms with Gasteiger partial charge in [0.15, 0.2) is 0 Å². The van der Waals surface area contributed by atoms with Crippen molar-refractivity contribution in [1.29, 1.82) is 0 Å². The van der Waals surface area contributed by atoms with E-state index < -0.39 is 0 Å². The van der Waals surface area contributed by atoms with E-state index in [0.29, 0.717) is 6.54 Å². The highest BCUT2D eigenvalue weighted by molar-refractivity contribution is 7.12. The molecule has 1 N–H and O–H groups in total. The molecule has 18 heavy (non-hydrogen) atoms. The molecule has 1 nitrogen and oxygen atoms in total. The van der Waals surface area contributed by atoms with Crippen LogP contribution >= 0.6 is 22.9 Å². The van der Waals surface area contributed by atoms with Crippen LogP contribution in [0, 0.1) is 12.7 Å². The molecule has 0 aliphatic rings.